The lowest BCUT2D eigenvalue weighted by Gasteiger charge is -2.39. The van der Waals surface area contributed by atoms with E-state index in [9.17, 15) is 9.59 Å². The van der Waals surface area contributed by atoms with Gasteiger partial charge in [-0.05, 0) is 83.2 Å². The van der Waals surface area contributed by atoms with Gasteiger partial charge in [-0.25, -0.2) is 0 Å². The number of carbonyl (C=O) groups excluding carboxylic acids is 2. The minimum absolute atomic E-state index is 0.0820. The van der Waals surface area contributed by atoms with Crippen molar-refractivity contribution in [1.82, 2.24) is 20.4 Å². The maximum atomic E-state index is 13.2. The van der Waals surface area contributed by atoms with Crippen LogP contribution in [0, 0.1) is 22.7 Å². The Bertz CT molecular complexity index is 657. The Balaban J connectivity index is 1.10. The molecule has 6 heteroatoms. The second-order valence-corrected chi connectivity index (χ2v) is 11.6. The highest BCUT2D eigenvalue weighted by Crippen LogP contribution is 2.57. The highest BCUT2D eigenvalue weighted by Gasteiger charge is 2.61. The summed E-state index contributed by atoms with van der Waals surface area (Å²) in [7, 11) is 0. The number of hydrogen-bond donors (Lipinski definition) is 2. The maximum absolute atomic E-state index is 13.2. The van der Waals surface area contributed by atoms with E-state index in [4.69, 9.17) is 0 Å². The molecule has 0 aromatic rings. The molecular weight excluding hydrogens is 352 g/mol. The molecule has 3 atom stereocenters. The molecule has 0 aromatic heterocycles. The van der Waals surface area contributed by atoms with Crippen molar-refractivity contribution in [3.8, 4) is 0 Å². The van der Waals surface area contributed by atoms with Gasteiger partial charge in [0.1, 0.15) is 0 Å². The Morgan fingerprint density at radius 3 is 2.25 bits per heavy atom. The van der Waals surface area contributed by atoms with Crippen LogP contribution in [0.25, 0.3) is 0 Å². The minimum atomic E-state index is -0.172. The van der Waals surface area contributed by atoms with Gasteiger partial charge in [0.2, 0.25) is 11.8 Å². The average molecular weight is 389 g/mol. The molecular formula is C22H36N4O2. The molecule has 2 aliphatic carbocycles. The monoisotopic (exact) mass is 388 g/mol. The third kappa shape index (κ3) is 3.26. The minimum Gasteiger partial charge on any atom is -0.352 e. The molecule has 6 aliphatic rings. The van der Waals surface area contributed by atoms with Crippen LogP contribution in [-0.2, 0) is 9.59 Å². The molecule has 28 heavy (non-hydrogen) atoms. The Morgan fingerprint density at radius 1 is 1.04 bits per heavy atom. The van der Waals surface area contributed by atoms with Gasteiger partial charge in [-0.3, -0.25) is 14.5 Å². The van der Waals surface area contributed by atoms with Crippen molar-refractivity contribution in [2.45, 2.75) is 64.5 Å². The summed E-state index contributed by atoms with van der Waals surface area (Å²) in [6.07, 6.45) is 5.58. The van der Waals surface area contributed by atoms with E-state index in [2.05, 4.69) is 20.4 Å². The van der Waals surface area contributed by atoms with Gasteiger partial charge in [-0.15, -0.1) is 0 Å². The van der Waals surface area contributed by atoms with Crippen LogP contribution in [0.4, 0.5) is 0 Å². The second-order valence-electron chi connectivity index (χ2n) is 11.6. The van der Waals surface area contributed by atoms with Crippen LogP contribution in [0.15, 0.2) is 0 Å². The predicted molar refractivity (Wildman–Crippen MR) is 108 cm³/mol. The van der Waals surface area contributed by atoms with Crippen molar-refractivity contribution >= 4 is 11.8 Å². The molecule has 0 aromatic carbocycles. The molecule has 4 saturated heterocycles. The van der Waals surface area contributed by atoms with Crippen LogP contribution in [-0.4, -0.2) is 72.5 Å². The Kier molecular flexibility index (Phi) is 4.16. The summed E-state index contributed by atoms with van der Waals surface area (Å²) >= 11 is 0. The molecule has 2 amide bonds. The maximum Gasteiger partial charge on any atom is 0.234 e. The fourth-order valence-electron chi connectivity index (χ4n) is 6.76. The van der Waals surface area contributed by atoms with E-state index >= 15 is 0 Å². The highest BCUT2D eigenvalue weighted by atomic mass is 16.2. The number of likely N-dealkylation sites (tertiary alicyclic amines) is 1. The summed E-state index contributed by atoms with van der Waals surface area (Å²) < 4.78 is 0. The number of hydrogen-bond acceptors (Lipinski definition) is 4. The zero-order chi connectivity index (χ0) is 19.7. The average Bonchev–Trinajstić information content (AvgIpc) is 3.07. The molecule has 0 radical (unpaired) electrons. The summed E-state index contributed by atoms with van der Waals surface area (Å²) in [5, 5.41) is 6.52. The van der Waals surface area contributed by atoms with Crippen LogP contribution in [0.1, 0.15) is 52.9 Å². The fourth-order valence-corrected chi connectivity index (χ4v) is 6.76. The first-order valence-corrected chi connectivity index (χ1v) is 11.2. The number of nitrogens with one attached hydrogen (secondary N) is 2. The zero-order valence-corrected chi connectivity index (χ0v) is 17.7. The van der Waals surface area contributed by atoms with E-state index in [1.807, 2.05) is 20.8 Å². The Hall–Kier alpha value is -1.14. The number of amides is 2. The van der Waals surface area contributed by atoms with Gasteiger partial charge in [-0.1, -0.05) is 0 Å². The molecule has 2 saturated carbocycles. The largest absolute Gasteiger partial charge is 0.352 e. The van der Waals surface area contributed by atoms with Crippen LogP contribution in [0.2, 0.25) is 0 Å². The summed E-state index contributed by atoms with van der Waals surface area (Å²) in [6.45, 7) is 11.9. The number of carbonyl (C=O) groups is 2. The van der Waals surface area contributed by atoms with Gasteiger partial charge in [0.25, 0.3) is 0 Å². The number of nitrogens with zero attached hydrogens (tertiary/aromatic N) is 2. The molecule has 4 bridgehead atoms. The molecule has 3 unspecified atom stereocenters. The van der Waals surface area contributed by atoms with E-state index in [1.54, 1.807) is 0 Å². The lowest BCUT2D eigenvalue weighted by atomic mass is 9.79. The van der Waals surface area contributed by atoms with Gasteiger partial charge in [0.05, 0.1) is 12.0 Å². The normalized spacial score (nSPS) is 40.7. The smallest absolute Gasteiger partial charge is 0.234 e. The standard InChI is InChI=1S/C22H36N4O2/c1-20(2,3)24-18(27)13-25-6-4-21(5-7-25)10-17(21)23-19(28)22-8-15-11-26(14-22)12-16(15)9-22/h15-17H,4-14H2,1-3H3,(H,23,28)(H,24,27). The second kappa shape index (κ2) is 6.18. The van der Waals surface area contributed by atoms with E-state index in [0.717, 1.165) is 63.6 Å². The molecule has 4 heterocycles. The first-order valence-electron chi connectivity index (χ1n) is 11.2. The van der Waals surface area contributed by atoms with Gasteiger partial charge >= 0.3 is 0 Å². The fraction of sp³-hybridized carbons (Fsp3) is 0.909. The molecule has 156 valence electrons. The molecule has 1 spiro atoms. The van der Waals surface area contributed by atoms with Gasteiger partial charge in [0, 0.05) is 31.2 Å². The summed E-state index contributed by atoms with van der Waals surface area (Å²) in [4.78, 5) is 30.1. The third-order valence-corrected chi connectivity index (χ3v) is 8.19. The predicted octanol–water partition coefficient (Wildman–Crippen LogP) is 1.21. The van der Waals surface area contributed by atoms with Crippen molar-refractivity contribution in [1.29, 1.82) is 0 Å². The zero-order valence-electron chi connectivity index (χ0n) is 17.7. The highest BCUT2D eigenvalue weighted by molar-refractivity contribution is 5.84. The summed E-state index contributed by atoms with van der Waals surface area (Å²) in [6, 6.07) is 0.368. The molecule has 6 nitrogen and oxygen atoms in total. The van der Waals surface area contributed by atoms with E-state index in [0.29, 0.717) is 23.9 Å². The van der Waals surface area contributed by atoms with Gasteiger partial charge in [0.15, 0.2) is 0 Å². The molecule has 6 rings (SSSR count). The molecule has 6 fully saturated rings. The van der Waals surface area contributed by atoms with Crippen molar-refractivity contribution in [3.63, 3.8) is 0 Å². The Labute approximate surface area is 168 Å². The van der Waals surface area contributed by atoms with E-state index < -0.39 is 0 Å². The van der Waals surface area contributed by atoms with Crippen LogP contribution >= 0.6 is 0 Å². The summed E-state index contributed by atoms with van der Waals surface area (Å²) in [5.41, 5.74) is 0.0510. The van der Waals surface area contributed by atoms with Crippen molar-refractivity contribution in [3.05, 3.63) is 0 Å². The summed E-state index contributed by atoms with van der Waals surface area (Å²) in [5.74, 6) is 2.01. The number of piperidine rings is 3. The lowest BCUT2D eigenvalue weighted by molar-refractivity contribution is -0.134. The van der Waals surface area contributed by atoms with E-state index in [-0.39, 0.29) is 16.9 Å². The first-order chi connectivity index (χ1) is 13.2. The van der Waals surface area contributed by atoms with Crippen molar-refractivity contribution in [2.24, 2.45) is 22.7 Å². The SMILES string of the molecule is CC(C)(C)NC(=O)CN1CCC2(CC1)CC2NC(=O)C12CC3CN(CC3C1)C2. The van der Waals surface area contributed by atoms with Gasteiger partial charge < -0.3 is 15.5 Å². The quantitative estimate of drug-likeness (QED) is 0.760. The van der Waals surface area contributed by atoms with E-state index in [1.165, 1.54) is 13.1 Å². The van der Waals surface area contributed by atoms with Crippen LogP contribution in [0.5, 0.6) is 0 Å². The third-order valence-electron chi connectivity index (χ3n) is 8.19. The van der Waals surface area contributed by atoms with Crippen LogP contribution in [0.3, 0.4) is 0 Å². The molecule has 2 N–H and O–H groups in total. The topological polar surface area (TPSA) is 64.7 Å². The Morgan fingerprint density at radius 2 is 1.68 bits per heavy atom. The lowest BCUT2D eigenvalue weighted by Crippen LogP contribution is -2.52. The molecule has 4 aliphatic heterocycles. The number of rotatable bonds is 4. The first kappa shape index (κ1) is 18.9. The van der Waals surface area contributed by atoms with Gasteiger partial charge in [-0.2, -0.15) is 0 Å². The van der Waals surface area contributed by atoms with Crippen molar-refractivity contribution < 1.29 is 9.59 Å². The van der Waals surface area contributed by atoms with Crippen LogP contribution < -0.4 is 10.6 Å². The van der Waals surface area contributed by atoms with Crippen molar-refractivity contribution in [2.75, 3.05) is 39.3 Å².